The van der Waals surface area contributed by atoms with Crippen molar-refractivity contribution < 1.29 is 4.74 Å². The average Bonchev–Trinajstić information content (AvgIpc) is 3.09. The number of aromatic nitrogens is 2. The molecule has 3 aromatic rings. The number of nitrogens with zero attached hydrogens (tertiary/aromatic N) is 3. The molecule has 0 aliphatic carbocycles. The summed E-state index contributed by atoms with van der Waals surface area (Å²) in [5, 5.41) is 1.12. The van der Waals surface area contributed by atoms with Crippen molar-refractivity contribution in [3.05, 3.63) is 42.7 Å². The third kappa shape index (κ3) is 2.71. The van der Waals surface area contributed by atoms with E-state index in [-0.39, 0.29) is 0 Å². The third-order valence-corrected chi connectivity index (χ3v) is 4.76. The summed E-state index contributed by atoms with van der Waals surface area (Å²) in [6, 6.07) is 10.6. The van der Waals surface area contributed by atoms with Crippen LogP contribution in [-0.2, 0) is 0 Å². The lowest BCUT2D eigenvalue weighted by Crippen LogP contribution is -2.44. The number of hydrogen-bond acceptors (Lipinski definition) is 4. The molecular weight excluding hydrogens is 300 g/mol. The molecule has 24 heavy (non-hydrogen) atoms. The topological polar surface area (TPSA) is 44.4 Å². The lowest BCUT2D eigenvalue weighted by molar-refractivity contribution is 0.311. The maximum Gasteiger partial charge on any atom is 0.142 e. The maximum absolute atomic E-state index is 5.68. The van der Waals surface area contributed by atoms with Gasteiger partial charge in [0.15, 0.2) is 0 Å². The Morgan fingerprint density at radius 3 is 2.67 bits per heavy atom. The third-order valence-electron chi connectivity index (χ3n) is 4.76. The van der Waals surface area contributed by atoms with Crippen molar-refractivity contribution >= 4 is 16.7 Å². The molecule has 2 aromatic heterocycles. The zero-order valence-electron chi connectivity index (χ0n) is 14.1. The minimum absolute atomic E-state index is 0.916. The number of methoxy groups -OCH3 is 1. The molecule has 3 heterocycles. The Morgan fingerprint density at radius 1 is 1.04 bits per heavy atom. The van der Waals surface area contributed by atoms with Gasteiger partial charge in [-0.25, -0.2) is 4.98 Å². The maximum atomic E-state index is 5.68. The molecule has 0 bridgehead atoms. The van der Waals surface area contributed by atoms with E-state index in [1.807, 2.05) is 18.5 Å². The fourth-order valence-corrected chi connectivity index (χ4v) is 3.26. The summed E-state index contributed by atoms with van der Waals surface area (Å²) >= 11 is 0. The van der Waals surface area contributed by atoms with Gasteiger partial charge in [-0.15, -0.1) is 0 Å². The standard InChI is InChI=1S/C19H22N4O/c1-22-7-9-23(10-8-22)17-4-3-14(12-18(17)24-2)16-11-15-5-6-20-19(15)21-13-16/h3-6,11-13H,7-10H2,1-2H3,(H,20,21). The molecule has 1 N–H and O–H groups in total. The number of aromatic amines is 1. The van der Waals surface area contributed by atoms with Gasteiger partial charge in [-0.3, -0.25) is 0 Å². The van der Waals surface area contributed by atoms with Crippen LogP contribution in [0.15, 0.2) is 42.7 Å². The van der Waals surface area contributed by atoms with E-state index in [2.05, 4.69) is 51.1 Å². The van der Waals surface area contributed by atoms with Crippen molar-refractivity contribution in [3.8, 4) is 16.9 Å². The number of ether oxygens (including phenoxy) is 1. The molecule has 0 unspecified atom stereocenters. The van der Waals surface area contributed by atoms with E-state index in [4.69, 9.17) is 4.74 Å². The van der Waals surface area contributed by atoms with Gasteiger partial charge in [0.2, 0.25) is 0 Å². The number of anilines is 1. The van der Waals surface area contributed by atoms with Crippen molar-refractivity contribution in [1.82, 2.24) is 14.9 Å². The Labute approximate surface area is 141 Å². The number of pyridine rings is 1. The number of rotatable bonds is 3. The summed E-state index contributed by atoms with van der Waals surface area (Å²) in [6.45, 7) is 4.23. The minimum atomic E-state index is 0.916. The Kier molecular flexibility index (Phi) is 3.86. The van der Waals surface area contributed by atoms with Gasteiger partial charge in [0, 0.05) is 49.5 Å². The van der Waals surface area contributed by atoms with E-state index >= 15 is 0 Å². The average molecular weight is 322 g/mol. The number of hydrogen-bond donors (Lipinski definition) is 1. The van der Waals surface area contributed by atoms with Crippen molar-refractivity contribution in [2.75, 3.05) is 45.2 Å². The van der Waals surface area contributed by atoms with E-state index in [0.717, 1.165) is 54.1 Å². The predicted octanol–water partition coefficient (Wildman–Crippen LogP) is 2.99. The van der Waals surface area contributed by atoms with Gasteiger partial charge in [0.25, 0.3) is 0 Å². The lowest BCUT2D eigenvalue weighted by Gasteiger charge is -2.34. The van der Waals surface area contributed by atoms with E-state index in [0.29, 0.717) is 0 Å². The summed E-state index contributed by atoms with van der Waals surface area (Å²) in [4.78, 5) is 12.4. The smallest absolute Gasteiger partial charge is 0.142 e. The van der Waals surface area contributed by atoms with E-state index in [9.17, 15) is 0 Å². The second-order valence-electron chi connectivity index (χ2n) is 6.32. The van der Waals surface area contributed by atoms with Gasteiger partial charge in [-0.2, -0.15) is 0 Å². The highest BCUT2D eigenvalue weighted by atomic mass is 16.5. The van der Waals surface area contributed by atoms with E-state index < -0.39 is 0 Å². The molecule has 1 aliphatic heterocycles. The molecule has 1 fully saturated rings. The number of nitrogens with one attached hydrogen (secondary N) is 1. The van der Waals surface area contributed by atoms with Crippen molar-refractivity contribution in [2.24, 2.45) is 0 Å². The second kappa shape index (κ2) is 6.17. The molecule has 4 rings (SSSR count). The zero-order chi connectivity index (χ0) is 16.5. The SMILES string of the molecule is COc1cc(-c2cnc3[nH]ccc3c2)ccc1N1CCN(C)CC1. The van der Waals surface area contributed by atoms with Crippen LogP contribution < -0.4 is 9.64 Å². The first-order chi connectivity index (χ1) is 11.7. The molecule has 1 aromatic carbocycles. The summed E-state index contributed by atoms with van der Waals surface area (Å²) in [7, 11) is 3.91. The van der Waals surface area contributed by atoms with Gasteiger partial charge in [-0.05, 0) is 36.9 Å². The fraction of sp³-hybridized carbons (Fsp3) is 0.316. The quantitative estimate of drug-likeness (QED) is 0.805. The molecule has 0 atom stereocenters. The molecule has 0 radical (unpaired) electrons. The first kappa shape index (κ1) is 15.0. The van der Waals surface area contributed by atoms with E-state index in [1.165, 1.54) is 5.69 Å². The van der Waals surface area contributed by atoms with Gasteiger partial charge in [0.1, 0.15) is 11.4 Å². The Balaban J connectivity index is 1.67. The van der Waals surface area contributed by atoms with Crippen LogP contribution in [0.5, 0.6) is 5.75 Å². The van der Waals surface area contributed by atoms with Crippen LogP contribution in [0, 0.1) is 0 Å². The molecule has 0 spiro atoms. The summed E-state index contributed by atoms with van der Waals surface area (Å²) < 4.78 is 5.68. The first-order valence-corrected chi connectivity index (χ1v) is 8.29. The summed E-state index contributed by atoms with van der Waals surface area (Å²) in [6.07, 6.45) is 3.82. The number of benzene rings is 1. The molecule has 1 saturated heterocycles. The second-order valence-corrected chi connectivity index (χ2v) is 6.32. The number of likely N-dealkylation sites (N-methyl/N-ethyl adjacent to an activating group) is 1. The number of H-pyrrole nitrogens is 1. The molecule has 0 amide bonds. The van der Waals surface area contributed by atoms with E-state index in [1.54, 1.807) is 7.11 Å². The van der Waals surface area contributed by atoms with Crippen molar-refractivity contribution in [3.63, 3.8) is 0 Å². The molecular formula is C19H22N4O. The minimum Gasteiger partial charge on any atom is -0.495 e. The molecule has 1 aliphatic rings. The molecule has 0 saturated carbocycles. The molecule has 124 valence electrons. The highest BCUT2D eigenvalue weighted by Crippen LogP contribution is 2.34. The van der Waals surface area contributed by atoms with Crippen LogP contribution in [0.25, 0.3) is 22.2 Å². The summed E-state index contributed by atoms with van der Waals surface area (Å²) in [5.74, 6) is 0.922. The Hall–Kier alpha value is -2.53. The lowest BCUT2D eigenvalue weighted by atomic mass is 10.1. The predicted molar refractivity (Wildman–Crippen MR) is 97.8 cm³/mol. The van der Waals surface area contributed by atoms with Crippen molar-refractivity contribution in [2.45, 2.75) is 0 Å². The summed E-state index contributed by atoms with van der Waals surface area (Å²) in [5.41, 5.74) is 4.32. The van der Waals surface area contributed by atoms with Gasteiger partial charge < -0.3 is 19.5 Å². The van der Waals surface area contributed by atoms with Crippen LogP contribution in [0.1, 0.15) is 0 Å². The zero-order valence-corrected chi connectivity index (χ0v) is 14.1. The van der Waals surface area contributed by atoms with Crippen LogP contribution in [0.2, 0.25) is 0 Å². The first-order valence-electron chi connectivity index (χ1n) is 8.29. The van der Waals surface area contributed by atoms with Gasteiger partial charge in [0.05, 0.1) is 12.8 Å². The van der Waals surface area contributed by atoms with Gasteiger partial charge >= 0.3 is 0 Å². The van der Waals surface area contributed by atoms with Crippen LogP contribution in [0.4, 0.5) is 5.69 Å². The van der Waals surface area contributed by atoms with Crippen LogP contribution in [-0.4, -0.2) is 55.2 Å². The molecule has 5 nitrogen and oxygen atoms in total. The van der Waals surface area contributed by atoms with Crippen LogP contribution >= 0.6 is 0 Å². The normalized spacial score (nSPS) is 15.8. The monoisotopic (exact) mass is 322 g/mol. The van der Waals surface area contributed by atoms with Crippen molar-refractivity contribution in [1.29, 1.82) is 0 Å². The largest absolute Gasteiger partial charge is 0.495 e. The highest BCUT2D eigenvalue weighted by Gasteiger charge is 2.18. The molecule has 5 heteroatoms. The highest BCUT2D eigenvalue weighted by molar-refractivity contribution is 5.82. The van der Waals surface area contributed by atoms with Crippen LogP contribution in [0.3, 0.4) is 0 Å². The van der Waals surface area contributed by atoms with Gasteiger partial charge in [-0.1, -0.05) is 6.07 Å². The number of fused-ring (bicyclic) bond motifs is 1. The Bertz CT molecular complexity index is 849. The number of piperazine rings is 1. The fourth-order valence-electron chi connectivity index (χ4n) is 3.26. The Morgan fingerprint density at radius 2 is 1.88 bits per heavy atom.